The van der Waals surface area contributed by atoms with E-state index in [1.54, 1.807) is 12.1 Å². The summed E-state index contributed by atoms with van der Waals surface area (Å²) in [6.07, 6.45) is -0.668. The van der Waals surface area contributed by atoms with Gasteiger partial charge in [0.1, 0.15) is 30.1 Å². The Bertz CT molecular complexity index is 808. The van der Waals surface area contributed by atoms with Crippen LogP contribution in [0, 0.1) is 17.6 Å². The van der Waals surface area contributed by atoms with Gasteiger partial charge >= 0.3 is 0 Å². The van der Waals surface area contributed by atoms with Gasteiger partial charge in [-0.2, -0.15) is 0 Å². The Labute approximate surface area is 155 Å². The number of aliphatic hydroxyl groups is 1. The summed E-state index contributed by atoms with van der Waals surface area (Å²) < 4.78 is 31.2. The molecule has 3 rings (SSSR count). The van der Waals surface area contributed by atoms with Gasteiger partial charge in [-0.25, -0.2) is 8.78 Å². The van der Waals surface area contributed by atoms with Crippen molar-refractivity contribution in [2.75, 3.05) is 13.2 Å². The van der Waals surface area contributed by atoms with Crippen molar-refractivity contribution in [3.8, 4) is 5.75 Å². The average Bonchev–Trinajstić information content (AvgIpc) is 2.90. The van der Waals surface area contributed by atoms with E-state index < -0.39 is 17.8 Å². The third kappa shape index (κ3) is 4.89. The number of aliphatic hydroxyl groups excluding tert-OH is 1. The van der Waals surface area contributed by atoms with E-state index in [1.807, 2.05) is 0 Å². The van der Waals surface area contributed by atoms with Crippen LogP contribution in [-0.4, -0.2) is 41.1 Å². The number of benzene rings is 2. The summed E-state index contributed by atoms with van der Waals surface area (Å²) in [5.74, 6) is -1.61. The van der Waals surface area contributed by atoms with Gasteiger partial charge in [-0.1, -0.05) is 12.1 Å². The van der Waals surface area contributed by atoms with Gasteiger partial charge in [-0.3, -0.25) is 14.5 Å². The maximum Gasteiger partial charge on any atom is 0.233 e. The fourth-order valence-corrected chi connectivity index (χ4v) is 2.99. The molecule has 142 valence electrons. The lowest BCUT2D eigenvalue weighted by Crippen LogP contribution is -2.39. The fraction of sp³-hybridized carbons (Fsp3) is 0.300. The zero-order chi connectivity index (χ0) is 19.4. The molecular formula is C20H19F2NO4. The minimum atomic E-state index is -1.06. The minimum Gasteiger partial charge on any atom is -0.491 e. The Morgan fingerprint density at radius 3 is 2.26 bits per heavy atom. The highest BCUT2D eigenvalue weighted by molar-refractivity contribution is 6.03. The molecule has 1 saturated heterocycles. The molecule has 1 fully saturated rings. The van der Waals surface area contributed by atoms with Crippen LogP contribution in [0.15, 0.2) is 48.5 Å². The van der Waals surface area contributed by atoms with E-state index in [0.29, 0.717) is 12.2 Å². The Morgan fingerprint density at radius 1 is 1.04 bits per heavy atom. The molecular weight excluding hydrogens is 356 g/mol. The van der Waals surface area contributed by atoms with E-state index in [-0.39, 0.29) is 37.2 Å². The third-order valence-corrected chi connectivity index (χ3v) is 4.38. The first-order valence-electron chi connectivity index (χ1n) is 8.57. The first-order chi connectivity index (χ1) is 12.9. The van der Waals surface area contributed by atoms with Crippen molar-refractivity contribution in [3.05, 3.63) is 65.7 Å². The van der Waals surface area contributed by atoms with Crippen molar-refractivity contribution in [3.63, 3.8) is 0 Å². The van der Waals surface area contributed by atoms with Crippen LogP contribution in [0.1, 0.15) is 12.0 Å². The number of amides is 2. The van der Waals surface area contributed by atoms with Gasteiger partial charge in [0.2, 0.25) is 11.8 Å². The van der Waals surface area contributed by atoms with Crippen LogP contribution in [0.4, 0.5) is 8.78 Å². The van der Waals surface area contributed by atoms with Gasteiger partial charge < -0.3 is 9.84 Å². The number of ether oxygens (including phenoxy) is 1. The largest absolute Gasteiger partial charge is 0.491 e. The van der Waals surface area contributed by atoms with Crippen LogP contribution in [0.5, 0.6) is 5.75 Å². The molecule has 1 heterocycles. The molecule has 1 aliphatic rings. The highest BCUT2D eigenvalue weighted by atomic mass is 19.1. The lowest BCUT2D eigenvalue weighted by atomic mass is 9.98. The summed E-state index contributed by atoms with van der Waals surface area (Å²) in [5, 5.41) is 10.1. The Balaban J connectivity index is 1.53. The summed E-state index contributed by atoms with van der Waals surface area (Å²) in [5.41, 5.74) is 0.768. The van der Waals surface area contributed by atoms with E-state index >= 15 is 0 Å². The number of likely N-dealkylation sites (tertiary alicyclic amines) is 1. The lowest BCUT2D eigenvalue weighted by Gasteiger charge is -2.19. The lowest BCUT2D eigenvalue weighted by molar-refractivity contribution is -0.141. The van der Waals surface area contributed by atoms with Gasteiger partial charge in [-0.05, 0) is 48.4 Å². The molecule has 27 heavy (non-hydrogen) atoms. The first-order valence-corrected chi connectivity index (χ1v) is 8.57. The number of carbonyl (C=O) groups is 2. The second-order valence-electron chi connectivity index (χ2n) is 6.49. The second-order valence-corrected chi connectivity index (χ2v) is 6.49. The highest BCUT2D eigenvalue weighted by Crippen LogP contribution is 2.24. The maximum absolute atomic E-state index is 13.0. The number of nitrogens with zero attached hydrogens (tertiary/aromatic N) is 1. The number of hydrogen-bond acceptors (Lipinski definition) is 4. The summed E-state index contributed by atoms with van der Waals surface area (Å²) in [6.45, 7) is -0.301. The highest BCUT2D eigenvalue weighted by Gasteiger charge is 2.39. The van der Waals surface area contributed by atoms with Gasteiger partial charge in [0.15, 0.2) is 0 Å². The van der Waals surface area contributed by atoms with Gasteiger partial charge in [-0.15, -0.1) is 0 Å². The molecule has 1 N–H and O–H groups in total. The third-order valence-electron chi connectivity index (χ3n) is 4.38. The number of rotatable bonds is 7. The first kappa shape index (κ1) is 19.0. The summed E-state index contributed by atoms with van der Waals surface area (Å²) in [6, 6.07) is 11.1. The molecule has 2 unspecified atom stereocenters. The summed E-state index contributed by atoms with van der Waals surface area (Å²) in [4.78, 5) is 25.6. The van der Waals surface area contributed by atoms with Crippen molar-refractivity contribution in [2.24, 2.45) is 5.92 Å². The number of imide groups is 1. The van der Waals surface area contributed by atoms with Crippen molar-refractivity contribution in [1.82, 2.24) is 4.90 Å². The molecule has 0 radical (unpaired) electrons. The smallest absolute Gasteiger partial charge is 0.233 e. The van der Waals surface area contributed by atoms with Crippen molar-refractivity contribution in [2.45, 2.75) is 18.9 Å². The quantitative estimate of drug-likeness (QED) is 0.755. The summed E-state index contributed by atoms with van der Waals surface area (Å²) in [7, 11) is 0. The van der Waals surface area contributed by atoms with E-state index in [4.69, 9.17) is 4.74 Å². The number of hydrogen-bond donors (Lipinski definition) is 1. The molecule has 1 aliphatic heterocycles. The van der Waals surface area contributed by atoms with Crippen LogP contribution in [0.25, 0.3) is 0 Å². The van der Waals surface area contributed by atoms with E-state index in [9.17, 15) is 23.5 Å². The Morgan fingerprint density at radius 2 is 1.63 bits per heavy atom. The van der Waals surface area contributed by atoms with Crippen molar-refractivity contribution < 1.29 is 28.2 Å². The van der Waals surface area contributed by atoms with Crippen LogP contribution in [-0.2, 0) is 16.0 Å². The Hall–Kier alpha value is -2.80. The average molecular weight is 375 g/mol. The minimum absolute atomic E-state index is 0.0573. The molecule has 0 saturated carbocycles. The van der Waals surface area contributed by atoms with Crippen LogP contribution in [0.2, 0.25) is 0 Å². The molecule has 5 nitrogen and oxygen atoms in total. The monoisotopic (exact) mass is 375 g/mol. The van der Waals surface area contributed by atoms with Crippen molar-refractivity contribution in [1.29, 1.82) is 0 Å². The Kier molecular flexibility index (Phi) is 5.81. The van der Waals surface area contributed by atoms with Crippen molar-refractivity contribution >= 4 is 11.8 Å². The fourth-order valence-electron chi connectivity index (χ4n) is 2.99. The predicted molar refractivity (Wildman–Crippen MR) is 92.8 cm³/mol. The molecule has 0 bridgehead atoms. The molecule has 2 aromatic carbocycles. The van der Waals surface area contributed by atoms with Crippen LogP contribution in [0.3, 0.4) is 0 Å². The normalized spacial score (nSPS) is 18.0. The molecule has 2 amide bonds. The standard InChI is InChI=1S/C20H19F2NO4/c21-15-3-1-13(2-4-15)9-14-10-19(25)23(20(14)26)11-17(24)12-27-18-7-5-16(22)6-8-18/h1-8,14,17,24H,9-12H2. The molecule has 0 spiro atoms. The van der Waals surface area contributed by atoms with E-state index in [1.165, 1.54) is 36.4 Å². The molecule has 7 heteroatoms. The number of carbonyl (C=O) groups excluding carboxylic acids is 2. The molecule has 0 aliphatic carbocycles. The van der Waals surface area contributed by atoms with E-state index in [2.05, 4.69) is 0 Å². The second kappa shape index (κ2) is 8.26. The maximum atomic E-state index is 13.0. The van der Waals surface area contributed by atoms with E-state index in [0.717, 1.165) is 10.5 Å². The topological polar surface area (TPSA) is 66.8 Å². The van der Waals surface area contributed by atoms with Gasteiger partial charge in [0, 0.05) is 6.42 Å². The zero-order valence-corrected chi connectivity index (χ0v) is 14.5. The number of halogens is 2. The van der Waals surface area contributed by atoms with Gasteiger partial charge in [0.25, 0.3) is 0 Å². The molecule has 2 aromatic rings. The predicted octanol–water partition coefficient (Wildman–Crippen LogP) is 2.32. The SMILES string of the molecule is O=C1CC(Cc2ccc(F)cc2)C(=O)N1CC(O)COc1ccc(F)cc1. The summed E-state index contributed by atoms with van der Waals surface area (Å²) >= 11 is 0. The van der Waals surface area contributed by atoms with Crippen LogP contribution < -0.4 is 4.74 Å². The van der Waals surface area contributed by atoms with Crippen LogP contribution >= 0.6 is 0 Å². The zero-order valence-electron chi connectivity index (χ0n) is 14.5. The van der Waals surface area contributed by atoms with Gasteiger partial charge in [0.05, 0.1) is 12.5 Å². The molecule has 0 aromatic heterocycles. The number of β-amino-alcohol motifs (C(OH)–C–C–N with tert-alkyl or cyclic N) is 1. The molecule has 2 atom stereocenters.